The van der Waals surface area contributed by atoms with Crippen LogP contribution in [0.2, 0.25) is 0 Å². The zero-order chi connectivity index (χ0) is 26.6. The Balaban J connectivity index is 1.63. The number of allylic oxidation sites excluding steroid dienone is 3. The molecule has 8 atom stereocenters. The van der Waals surface area contributed by atoms with Gasteiger partial charge in [0.25, 0.3) is 5.91 Å². The summed E-state index contributed by atoms with van der Waals surface area (Å²) in [6.07, 6.45) is 3.03. The van der Waals surface area contributed by atoms with Crippen LogP contribution in [0.5, 0.6) is 0 Å². The molecule has 0 radical (unpaired) electrons. The second-order valence-corrected chi connectivity index (χ2v) is 10.3. The molecule has 4 aliphatic heterocycles. The number of esters is 1. The molecule has 10 nitrogen and oxygen atoms in total. The second-order valence-electron chi connectivity index (χ2n) is 10.3. The van der Waals surface area contributed by atoms with Gasteiger partial charge in [-0.1, -0.05) is 31.6 Å². The molecule has 4 rings (SSSR count). The third-order valence-electron chi connectivity index (χ3n) is 7.67. The minimum Gasteiger partial charge on any atom is -0.507 e. The first kappa shape index (κ1) is 26.2. The Morgan fingerprint density at radius 1 is 1.19 bits per heavy atom. The van der Waals surface area contributed by atoms with Gasteiger partial charge in [0.15, 0.2) is 11.6 Å². The molecule has 10 heteroatoms. The zero-order valence-electron chi connectivity index (χ0n) is 21.3. The van der Waals surface area contributed by atoms with Gasteiger partial charge in [-0.2, -0.15) is 0 Å². The largest absolute Gasteiger partial charge is 0.507 e. The smallest absolute Gasteiger partial charge is 0.316 e. The molecule has 0 saturated carbocycles. The molecule has 36 heavy (non-hydrogen) atoms. The first-order valence-electron chi connectivity index (χ1n) is 12.1. The maximum absolute atomic E-state index is 13.1. The highest BCUT2D eigenvalue weighted by atomic mass is 16.8. The van der Waals surface area contributed by atoms with Crippen molar-refractivity contribution in [2.24, 2.45) is 17.8 Å². The molecule has 1 spiro atoms. The van der Waals surface area contributed by atoms with Crippen molar-refractivity contribution in [1.82, 2.24) is 5.32 Å². The van der Waals surface area contributed by atoms with Gasteiger partial charge in [0.05, 0.1) is 25.9 Å². The van der Waals surface area contributed by atoms with Crippen molar-refractivity contribution in [3.05, 3.63) is 35.1 Å². The van der Waals surface area contributed by atoms with Gasteiger partial charge in [-0.25, -0.2) is 0 Å². The fraction of sp³-hybridized carbons (Fsp3) is 0.615. The molecule has 0 aromatic heterocycles. The average Bonchev–Trinajstić information content (AvgIpc) is 3.25. The third kappa shape index (κ3) is 4.01. The Morgan fingerprint density at radius 3 is 2.50 bits per heavy atom. The highest BCUT2D eigenvalue weighted by molar-refractivity contribution is 6.25. The molecule has 196 valence electrons. The van der Waals surface area contributed by atoms with Crippen LogP contribution in [0.25, 0.3) is 0 Å². The van der Waals surface area contributed by atoms with E-state index in [-0.39, 0.29) is 36.2 Å². The first-order chi connectivity index (χ1) is 16.8. The quantitative estimate of drug-likeness (QED) is 0.189. The monoisotopic (exact) mass is 503 g/mol. The van der Waals surface area contributed by atoms with E-state index in [9.17, 15) is 24.3 Å². The van der Waals surface area contributed by atoms with Crippen LogP contribution in [-0.4, -0.2) is 71.9 Å². The van der Waals surface area contributed by atoms with Gasteiger partial charge in [0, 0.05) is 18.3 Å². The molecule has 4 heterocycles. The number of carbonyl (C=O) groups excluding carboxylic acids is 4. The number of ether oxygens (including phenoxy) is 4. The van der Waals surface area contributed by atoms with E-state index in [1.165, 1.54) is 13.2 Å². The molecule has 0 aliphatic carbocycles. The number of hydrogen-bond acceptors (Lipinski definition) is 9. The predicted octanol–water partition coefficient (Wildman–Crippen LogP) is 1.69. The van der Waals surface area contributed by atoms with Crippen LogP contribution in [-0.2, 0) is 38.1 Å². The van der Waals surface area contributed by atoms with Crippen LogP contribution >= 0.6 is 0 Å². The van der Waals surface area contributed by atoms with Crippen molar-refractivity contribution in [3.8, 4) is 0 Å². The summed E-state index contributed by atoms with van der Waals surface area (Å²) in [6.45, 7) is 8.96. The number of nitrogens with one attached hydrogen (secondary N) is 1. The summed E-state index contributed by atoms with van der Waals surface area (Å²) in [5, 5.41) is 12.6. The maximum Gasteiger partial charge on any atom is 0.316 e. The molecule has 0 aromatic carbocycles. The van der Waals surface area contributed by atoms with Crippen molar-refractivity contribution in [2.45, 2.75) is 70.7 Å². The van der Waals surface area contributed by atoms with Gasteiger partial charge in [0.2, 0.25) is 5.79 Å². The number of methoxy groups -OCH3 is 1. The fourth-order valence-corrected chi connectivity index (χ4v) is 6.00. The lowest BCUT2D eigenvalue weighted by molar-refractivity contribution is -0.387. The lowest BCUT2D eigenvalue weighted by Gasteiger charge is -2.56. The molecule has 4 saturated heterocycles. The summed E-state index contributed by atoms with van der Waals surface area (Å²) >= 11 is 0. The van der Waals surface area contributed by atoms with E-state index in [2.05, 4.69) is 5.32 Å². The Morgan fingerprint density at radius 2 is 1.89 bits per heavy atom. The van der Waals surface area contributed by atoms with Gasteiger partial charge < -0.3 is 29.4 Å². The van der Waals surface area contributed by atoms with E-state index in [0.29, 0.717) is 0 Å². The summed E-state index contributed by atoms with van der Waals surface area (Å²) in [5.41, 5.74) is -0.676. The average molecular weight is 504 g/mol. The van der Waals surface area contributed by atoms with Crippen LogP contribution in [0, 0.1) is 17.8 Å². The normalized spacial score (nSPS) is 40.8. The molecular weight excluding hydrogens is 470 g/mol. The van der Waals surface area contributed by atoms with E-state index in [1.54, 1.807) is 26.8 Å². The Bertz CT molecular complexity index is 1070. The lowest BCUT2D eigenvalue weighted by atomic mass is 9.73. The Hall–Kier alpha value is -2.82. The number of ketones is 2. The Labute approximate surface area is 209 Å². The lowest BCUT2D eigenvalue weighted by Crippen LogP contribution is -2.71. The van der Waals surface area contributed by atoms with E-state index in [4.69, 9.17) is 18.9 Å². The SMILES string of the molecule is COC(=O)C1C(C)OC2(C)CC(=O)C3OC12OC(C(C)C=C(C)C=CC(O)=C1C(=O)CNC1=O)C3C. The van der Waals surface area contributed by atoms with E-state index >= 15 is 0 Å². The topological polar surface area (TPSA) is 137 Å². The van der Waals surface area contributed by atoms with Gasteiger partial charge in [-0.05, 0) is 26.8 Å². The molecule has 4 fully saturated rings. The number of rotatable bonds is 5. The Kier molecular flexibility index (Phi) is 6.74. The van der Waals surface area contributed by atoms with Gasteiger partial charge >= 0.3 is 5.97 Å². The minimum atomic E-state index is -1.47. The van der Waals surface area contributed by atoms with Crippen molar-refractivity contribution in [1.29, 1.82) is 0 Å². The number of amides is 1. The fourth-order valence-electron chi connectivity index (χ4n) is 6.00. The summed E-state index contributed by atoms with van der Waals surface area (Å²) in [7, 11) is 1.30. The highest BCUT2D eigenvalue weighted by Crippen LogP contribution is 2.57. The maximum atomic E-state index is 13.1. The standard InChI is InChI=1S/C26H33NO9/c1-12(7-8-16(28)19-18(30)11-27-23(19)31)9-13(2)21-14(3)22-17(29)10-25(5)26(35-21,36-22)20(15(4)34-25)24(32)33-6/h7-9,13-15,20-22,28H,10-11H2,1-6H3,(H,27,31). The molecular formula is C26H33NO9. The zero-order valence-corrected chi connectivity index (χ0v) is 21.3. The van der Waals surface area contributed by atoms with Crippen LogP contribution < -0.4 is 5.32 Å². The molecule has 0 aromatic rings. The molecule has 2 bridgehead atoms. The van der Waals surface area contributed by atoms with Crippen molar-refractivity contribution in [2.75, 3.05) is 13.7 Å². The van der Waals surface area contributed by atoms with Crippen molar-refractivity contribution >= 4 is 23.4 Å². The van der Waals surface area contributed by atoms with Crippen LogP contribution in [0.1, 0.15) is 41.0 Å². The van der Waals surface area contributed by atoms with Crippen LogP contribution in [0.4, 0.5) is 0 Å². The highest BCUT2D eigenvalue weighted by Gasteiger charge is 2.74. The summed E-state index contributed by atoms with van der Waals surface area (Å²) in [4.78, 5) is 49.4. The van der Waals surface area contributed by atoms with Crippen molar-refractivity contribution in [3.63, 3.8) is 0 Å². The van der Waals surface area contributed by atoms with Gasteiger partial charge in [0.1, 0.15) is 29.0 Å². The summed E-state index contributed by atoms with van der Waals surface area (Å²) in [5.74, 6) is -4.97. The summed E-state index contributed by atoms with van der Waals surface area (Å²) < 4.78 is 24.0. The number of fused-ring (bicyclic) bond motifs is 1. The van der Waals surface area contributed by atoms with E-state index in [1.807, 2.05) is 19.9 Å². The minimum absolute atomic E-state index is 0.0682. The first-order valence-corrected chi connectivity index (χ1v) is 12.1. The predicted molar refractivity (Wildman–Crippen MR) is 125 cm³/mol. The second kappa shape index (κ2) is 9.24. The van der Waals surface area contributed by atoms with Crippen molar-refractivity contribution < 1.29 is 43.2 Å². The molecule has 4 aliphatic rings. The van der Waals surface area contributed by atoms with Crippen LogP contribution in [0.3, 0.4) is 0 Å². The number of Topliss-reactive ketones (excluding diaryl/α,β-unsaturated/α-hetero) is 2. The number of carbonyl (C=O) groups is 4. The number of aliphatic hydroxyl groups excluding tert-OH is 1. The van der Waals surface area contributed by atoms with Crippen LogP contribution in [0.15, 0.2) is 35.1 Å². The van der Waals surface area contributed by atoms with E-state index < -0.39 is 59.0 Å². The number of hydrogen-bond donors (Lipinski definition) is 2. The van der Waals surface area contributed by atoms with Gasteiger partial charge in [-0.15, -0.1) is 0 Å². The van der Waals surface area contributed by atoms with Gasteiger partial charge in [-0.3, -0.25) is 19.2 Å². The molecule has 2 N–H and O–H groups in total. The third-order valence-corrected chi connectivity index (χ3v) is 7.67. The summed E-state index contributed by atoms with van der Waals surface area (Å²) in [6, 6.07) is 0. The number of aliphatic hydroxyl groups is 1. The van der Waals surface area contributed by atoms with E-state index in [0.717, 1.165) is 5.57 Å². The molecule has 8 unspecified atom stereocenters. The molecule has 1 amide bonds.